The lowest BCUT2D eigenvalue weighted by Gasteiger charge is -2.44. The lowest BCUT2D eigenvalue weighted by molar-refractivity contribution is 0.0630. The molecule has 0 aromatic heterocycles. The molecular formula is C14H27BN4S. The highest BCUT2D eigenvalue weighted by Gasteiger charge is 2.31. The molecule has 20 heavy (non-hydrogen) atoms. The van der Waals surface area contributed by atoms with Gasteiger partial charge in [-0.2, -0.15) is 0 Å². The highest BCUT2D eigenvalue weighted by molar-refractivity contribution is 7.77. The van der Waals surface area contributed by atoms with E-state index in [0.717, 1.165) is 51.4 Å². The fourth-order valence-electron chi connectivity index (χ4n) is 3.97. The molecule has 0 bridgehead atoms. The molecule has 0 aromatic carbocycles. The van der Waals surface area contributed by atoms with Gasteiger partial charge in [0.15, 0.2) is 7.98 Å². The minimum atomic E-state index is 0.811. The van der Waals surface area contributed by atoms with Crippen molar-refractivity contribution in [3.63, 3.8) is 0 Å². The summed E-state index contributed by atoms with van der Waals surface area (Å²) in [5.41, 5.74) is 0. The molecule has 1 aliphatic carbocycles. The van der Waals surface area contributed by atoms with E-state index < -0.39 is 0 Å². The van der Waals surface area contributed by atoms with E-state index in [2.05, 4.69) is 26.9 Å². The van der Waals surface area contributed by atoms with Crippen LogP contribution in [0.2, 0.25) is 0 Å². The van der Waals surface area contributed by atoms with Crippen LogP contribution in [-0.2, 0) is 0 Å². The maximum atomic E-state index is 5.85. The summed E-state index contributed by atoms with van der Waals surface area (Å²) in [6, 6.07) is 1.63. The Morgan fingerprint density at radius 1 is 0.650 bits per heavy atom. The lowest BCUT2D eigenvalue weighted by atomic mass is 9.88. The summed E-state index contributed by atoms with van der Waals surface area (Å²) < 4.78 is 2.15. The first-order chi connectivity index (χ1) is 9.72. The summed E-state index contributed by atoms with van der Waals surface area (Å²) in [5, 5.41) is 0. The van der Waals surface area contributed by atoms with Gasteiger partial charge >= 0.3 is 0 Å². The third-order valence-electron chi connectivity index (χ3n) is 5.34. The molecule has 2 saturated heterocycles. The highest BCUT2D eigenvalue weighted by atomic mass is 32.1. The van der Waals surface area contributed by atoms with Crippen LogP contribution in [0, 0.1) is 0 Å². The van der Waals surface area contributed by atoms with Crippen molar-refractivity contribution in [2.45, 2.75) is 37.8 Å². The zero-order valence-electron chi connectivity index (χ0n) is 12.5. The third-order valence-corrected chi connectivity index (χ3v) is 5.74. The molecule has 2 aliphatic heterocycles. The second kappa shape index (κ2) is 7.01. The summed E-state index contributed by atoms with van der Waals surface area (Å²) in [4.78, 5) is 7.32. The molecule has 4 nitrogen and oxygen atoms in total. The van der Waals surface area contributed by atoms with Gasteiger partial charge in [-0.3, -0.25) is 14.1 Å². The Kier molecular flexibility index (Phi) is 5.31. The fourth-order valence-corrected chi connectivity index (χ4v) is 4.15. The Labute approximate surface area is 130 Å². The Morgan fingerprint density at radius 2 is 1.05 bits per heavy atom. The topological polar surface area (TPSA) is 13.0 Å². The van der Waals surface area contributed by atoms with Crippen LogP contribution in [0.15, 0.2) is 0 Å². The largest absolute Gasteiger partial charge is 0.351 e. The van der Waals surface area contributed by atoms with Gasteiger partial charge in [-0.15, -0.1) is 0 Å². The SMILES string of the molecule is [B]N1CCN(C2CCC(N3CCN(S)CC3)CC2)CC1. The van der Waals surface area contributed by atoms with E-state index >= 15 is 0 Å². The number of thiol groups is 1. The van der Waals surface area contributed by atoms with Gasteiger partial charge in [0.05, 0.1) is 0 Å². The Morgan fingerprint density at radius 3 is 1.50 bits per heavy atom. The number of piperazine rings is 2. The van der Waals surface area contributed by atoms with Gasteiger partial charge in [0.25, 0.3) is 0 Å². The average molecular weight is 294 g/mol. The van der Waals surface area contributed by atoms with Crippen molar-refractivity contribution in [1.29, 1.82) is 0 Å². The Bertz CT molecular complexity index is 266. The average Bonchev–Trinajstić information content (AvgIpc) is 2.49. The molecule has 2 radical (unpaired) electrons. The molecule has 0 N–H and O–H groups in total. The molecular weight excluding hydrogens is 267 g/mol. The zero-order valence-corrected chi connectivity index (χ0v) is 13.3. The Hall–Kier alpha value is 0.255. The molecule has 6 heteroatoms. The van der Waals surface area contributed by atoms with Crippen molar-refractivity contribution in [2.24, 2.45) is 0 Å². The van der Waals surface area contributed by atoms with Gasteiger partial charge in [0.1, 0.15) is 0 Å². The van der Waals surface area contributed by atoms with Crippen LogP contribution in [0.3, 0.4) is 0 Å². The van der Waals surface area contributed by atoms with Crippen LogP contribution in [0.25, 0.3) is 0 Å². The van der Waals surface area contributed by atoms with Crippen LogP contribution in [0.1, 0.15) is 25.7 Å². The van der Waals surface area contributed by atoms with E-state index in [9.17, 15) is 0 Å². The van der Waals surface area contributed by atoms with E-state index in [1.807, 2.05) is 4.81 Å². The maximum Gasteiger partial charge on any atom is 0.182 e. The van der Waals surface area contributed by atoms with Crippen LogP contribution >= 0.6 is 12.8 Å². The predicted octanol–water partition coefficient (Wildman–Crippen LogP) is 0.461. The van der Waals surface area contributed by atoms with E-state index in [0.29, 0.717) is 0 Å². The predicted molar refractivity (Wildman–Crippen MR) is 87.1 cm³/mol. The number of hydrogen-bond acceptors (Lipinski definition) is 5. The first-order valence-corrected chi connectivity index (χ1v) is 8.54. The molecule has 0 aromatic rings. The number of hydrogen-bond donors (Lipinski definition) is 1. The van der Waals surface area contributed by atoms with Gasteiger partial charge in [-0.25, -0.2) is 0 Å². The van der Waals surface area contributed by atoms with Crippen LogP contribution in [0.4, 0.5) is 0 Å². The standard InChI is InChI=1S/C14H27BN4S/c15-18-9-5-16(6-10-18)13-1-3-14(4-2-13)17-7-11-19(20)12-8-17/h13-14,20H,1-12H2. The molecule has 3 fully saturated rings. The first-order valence-electron chi connectivity index (χ1n) is 8.14. The van der Waals surface area contributed by atoms with Crippen molar-refractivity contribution in [2.75, 3.05) is 52.4 Å². The number of rotatable bonds is 2. The van der Waals surface area contributed by atoms with E-state index in [4.69, 9.17) is 7.98 Å². The molecule has 112 valence electrons. The summed E-state index contributed by atoms with van der Waals surface area (Å²) in [7, 11) is 5.85. The normalized spacial score (nSPS) is 36.2. The van der Waals surface area contributed by atoms with Crippen molar-refractivity contribution in [3.05, 3.63) is 0 Å². The molecule has 0 spiro atoms. The smallest absolute Gasteiger partial charge is 0.182 e. The fraction of sp³-hybridized carbons (Fsp3) is 1.00. The van der Waals surface area contributed by atoms with Crippen molar-refractivity contribution >= 4 is 20.8 Å². The highest BCUT2D eigenvalue weighted by Crippen LogP contribution is 2.27. The second-order valence-corrected chi connectivity index (χ2v) is 7.09. The van der Waals surface area contributed by atoms with Gasteiger partial charge in [0, 0.05) is 51.4 Å². The minimum Gasteiger partial charge on any atom is -0.351 e. The third kappa shape index (κ3) is 3.71. The van der Waals surface area contributed by atoms with Crippen molar-refractivity contribution < 1.29 is 0 Å². The maximum absolute atomic E-state index is 5.85. The molecule has 3 aliphatic rings. The Balaban J connectivity index is 1.42. The quantitative estimate of drug-likeness (QED) is 0.587. The lowest BCUT2D eigenvalue weighted by Crippen LogP contribution is -2.53. The van der Waals surface area contributed by atoms with Crippen molar-refractivity contribution in [1.82, 2.24) is 18.9 Å². The molecule has 0 atom stereocenters. The van der Waals surface area contributed by atoms with Crippen molar-refractivity contribution in [3.8, 4) is 0 Å². The summed E-state index contributed by atoms with van der Waals surface area (Å²) in [6.45, 7) is 9.00. The minimum absolute atomic E-state index is 0.811. The molecule has 2 heterocycles. The van der Waals surface area contributed by atoms with Crippen LogP contribution in [-0.4, -0.2) is 91.3 Å². The molecule has 3 rings (SSSR count). The summed E-state index contributed by atoms with van der Waals surface area (Å²) in [6.07, 6.45) is 5.49. The van der Waals surface area contributed by atoms with Gasteiger partial charge in [-0.05, 0) is 38.8 Å². The molecule has 0 unspecified atom stereocenters. The zero-order chi connectivity index (χ0) is 13.9. The van der Waals surface area contributed by atoms with Crippen LogP contribution in [0.5, 0.6) is 0 Å². The van der Waals surface area contributed by atoms with Gasteiger partial charge in [0.2, 0.25) is 0 Å². The molecule has 0 amide bonds. The van der Waals surface area contributed by atoms with E-state index in [1.165, 1.54) is 38.8 Å². The summed E-state index contributed by atoms with van der Waals surface area (Å²) in [5.74, 6) is 0. The van der Waals surface area contributed by atoms with Gasteiger partial charge < -0.3 is 4.81 Å². The monoisotopic (exact) mass is 294 g/mol. The molecule has 1 saturated carbocycles. The second-order valence-electron chi connectivity index (χ2n) is 6.52. The number of nitrogens with zero attached hydrogens (tertiary/aromatic N) is 4. The first kappa shape index (κ1) is 15.2. The van der Waals surface area contributed by atoms with Gasteiger partial charge in [-0.1, -0.05) is 12.8 Å². The summed E-state index contributed by atoms with van der Waals surface area (Å²) >= 11 is 4.44. The van der Waals surface area contributed by atoms with Crippen LogP contribution < -0.4 is 0 Å². The van der Waals surface area contributed by atoms with E-state index in [-0.39, 0.29) is 0 Å². The van der Waals surface area contributed by atoms with E-state index in [1.54, 1.807) is 0 Å².